The van der Waals surface area contributed by atoms with Crippen molar-refractivity contribution in [3.8, 4) is 0 Å². The van der Waals surface area contributed by atoms with Crippen LogP contribution in [0, 0.1) is 0 Å². The van der Waals surface area contributed by atoms with Crippen LogP contribution in [0.3, 0.4) is 0 Å². The number of hydrogen-bond acceptors (Lipinski definition) is 24. The second-order valence-corrected chi connectivity index (χ2v) is 16.2. The predicted molar refractivity (Wildman–Crippen MR) is 193 cm³/mol. The minimum absolute atomic E-state index is 0.130. The minimum atomic E-state index is -5.40. The molecular formula is C28H37N11O19P2. The van der Waals surface area contributed by atoms with Gasteiger partial charge in [-0.05, 0) is 12.1 Å². The van der Waals surface area contributed by atoms with E-state index in [1.165, 1.54) is 6.07 Å². The first-order chi connectivity index (χ1) is 28.3. The fourth-order valence-corrected chi connectivity index (χ4v) is 8.54. The summed E-state index contributed by atoms with van der Waals surface area (Å²) in [7, 11) is -10.8. The molecule has 0 amide bonds. The maximum absolute atomic E-state index is 13.3. The average molecular weight is 894 g/mol. The highest BCUT2D eigenvalue weighted by Crippen LogP contribution is 2.52. The summed E-state index contributed by atoms with van der Waals surface area (Å²) in [4.78, 5) is 75.8. The van der Waals surface area contributed by atoms with Crippen LogP contribution >= 0.6 is 15.6 Å². The van der Waals surface area contributed by atoms with Crippen molar-refractivity contribution in [3.63, 3.8) is 0 Å². The number of imidazole rings is 1. The number of nitrogens with two attached hydrogens (primary N) is 3. The van der Waals surface area contributed by atoms with Crippen molar-refractivity contribution in [3.05, 3.63) is 62.2 Å². The number of aliphatic hydroxyl groups excluding tert-OH is 5. The van der Waals surface area contributed by atoms with Crippen LogP contribution in [0.1, 0.15) is 18.7 Å². The summed E-state index contributed by atoms with van der Waals surface area (Å²) in [6, 6.07) is 2.34. The molecule has 3 aliphatic heterocycles. The van der Waals surface area contributed by atoms with Gasteiger partial charge in [-0.3, -0.25) is 41.6 Å². The van der Waals surface area contributed by atoms with Crippen LogP contribution in [-0.4, -0.2) is 149 Å². The van der Waals surface area contributed by atoms with Crippen LogP contribution in [0.5, 0.6) is 0 Å². The van der Waals surface area contributed by atoms with E-state index in [4.69, 9.17) is 49.5 Å². The number of rotatable bonds is 14. The number of phosphoric acid groups is 2. The Balaban J connectivity index is 1.05. The Kier molecular flexibility index (Phi) is 12.1. The zero-order valence-corrected chi connectivity index (χ0v) is 32.0. The topological polar surface area (TPSA) is 452 Å². The van der Waals surface area contributed by atoms with Gasteiger partial charge in [0.25, 0.3) is 5.56 Å². The van der Waals surface area contributed by atoms with Gasteiger partial charge in [0, 0.05) is 12.4 Å². The second kappa shape index (κ2) is 16.7. The van der Waals surface area contributed by atoms with E-state index < -0.39 is 126 Å². The molecule has 3 aliphatic rings. The van der Waals surface area contributed by atoms with Crippen molar-refractivity contribution in [2.45, 2.75) is 73.6 Å². The number of nitrogen functional groups attached to an aromatic ring is 3. The molecule has 32 heteroatoms. The number of nitrogens with one attached hydrogen (secondary N) is 1. The zero-order valence-electron chi connectivity index (χ0n) is 30.2. The van der Waals surface area contributed by atoms with Gasteiger partial charge in [-0.25, -0.2) is 23.7 Å². The predicted octanol–water partition coefficient (Wildman–Crippen LogP) is -5.49. The lowest BCUT2D eigenvalue weighted by Gasteiger charge is -2.25. The summed E-state index contributed by atoms with van der Waals surface area (Å²) in [5, 5.41) is 53.5. The van der Waals surface area contributed by atoms with Gasteiger partial charge in [0.15, 0.2) is 29.8 Å². The standard InChI is InChI=1S/C28H37N11O19P2/c29-12-1-3-37(27(46)33-12)24-17(43)19(9(5-40)54-24)57-60(50,51)53-7-11-20(18(44)25(56-11)38-4-2-13(30)34-28(38)47)58-59(48,49)52-6-10-15(41)16(42)23(55-10)39-8-32-14-21(39)35-26(31)36-22(14)45/h1-4,8-11,15-20,23-25,40-44H,5-7H2,(H,48,49)(H,50,51)(H2,29,33,46)(H2,30,34,47)(H3,31,35,36,45)/t9-,10-,11-,15-,16-,17-,18-,19-,20-,23-,24-,25-/m1/s1. The molecule has 30 nitrogen and oxygen atoms in total. The first-order valence-electron chi connectivity index (χ1n) is 17.3. The summed E-state index contributed by atoms with van der Waals surface area (Å²) in [6.07, 6.45) is -17.8. The number of aliphatic hydroxyl groups is 5. The van der Waals surface area contributed by atoms with Crippen molar-refractivity contribution in [1.29, 1.82) is 0 Å². The molecule has 60 heavy (non-hydrogen) atoms. The highest BCUT2D eigenvalue weighted by atomic mass is 31.2. The second-order valence-electron chi connectivity index (χ2n) is 13.4. The molecule has 3 fully saturated rings. The molecule has 7 heterocycles. The molecule has 0 bridgehead atoms. The summed E-state index contributed by atoms with van der Waals surface area (Å²) in [5.74, 6) is -0.676. The number of ether oxygens (including phenoxy) is 3. The molecule has 0 saturated carbocycles. The molecule has 14 atom stereocenters. The summed E-state index contributed by atoms with van der Waals surface area (Å²) < 4.78 is 66.4. The van der Waals surface area contributed by atoms with Gasteiger partial charge in [0.1, 0.15) is 66.6 Å². The number of nitrogens with zero attached hydrogens (tertiary/aromatic N) is 7. The van der Waals surface area contributed by atoms with E-state index in [2.05, 4.69) is 24.9 Å². The SMILES string of the molecule is Nc1ccn([C@@H]2O[C@H](CO)[C@@H](OP(=O)(O)OC[C@H]3O[C@@H](n4ccc(N)nc4=O)[C@H](O)[C@@H]3OP(=O)(O)OC[C@H]3O[C@@H](n4cnc5c(=O)[nH]c(N)nc54)[C@H](O)[C@@H]3O)[C@H]2O)c(=O)n1. The number of fused-ring (bicyclic) bond motifs is 1. The zero-order chi connectivity index (χ0) is 43.4. The molecule has 0 radical (unpaired) electrons. The Hall–Kier alpha value is -4.59. The molecule has 4 aromatic heterocycles. The molecule has 0 aromatic carbocycles. The lowest BCUT2D eigenvalue weighted by molar-refractivity contribution is -0.0635. The highest BCUT2D eigenvalue weighted by molar-refractivity contribution is 7.47. The Morgan fingerprint density at radius 1 is 0.700 bits per heavy atom. The van der Waals surface area contributed by atoms with Gasteiger partial charge in [-0.1, -0.05) is 0 Å². The van der Waals surface area contributed by atoms with Gasteiger partial charge in [-0.15, -0.1) is 0 Å². The van der Waals surface area contributed by atoms with Gasteiger partial charge in [0.05, 0.1) is 26.1 Å². The number of H-pyrrole nitrogens is 1. The number of anilines is 3. The van der Waals surface area contributed by atoms with Crippen LogP contribution in [0.15, 0.2) is 45.2 Å². The van der Waals surface area contributed by atoms with Crippen LogP contribution in [0.2, 0.25) is 0 Å². The van der Waals surface area contributed by atoms with Crippen LogP contribution < -0.4 is 34.1 Å². The van der Waals surface area contributed by atoms with E-state index in [1.54, 1.807) is 0 Å². The highest BCUT2D eigenvalue weighted by Gasteiger charge is 2.53. The van der Waals surface area contributed by atoms with Crippen molar-refractivity contribution < 1.29 is 76.8 Å². The maximum Gasteiger partial charge on any atom is 0.472 e. The third kappa shape index (κ3) is 8.63. The first-order valence-corrected chi connectivity index (χ1v) is 20.3. The molecule has 328 valence electrons. The molecule has 0 aliphatic carbocycles. The molecular weight excluding hydrogens is 856 g/mol. The third-order valence-corrected chi connectivity index (χ3v) is 11.4. The maximum atomic E-state index is 13.3. The van der Waals surface area contributed by atoms with E-state index >= 15 is 0 Å². The van der Waals surface area contributed by atoms with E-state index in [-0.39, 0.29) is 28.7 Å². The average Bonchev–Trinajstić information content (AvgIpc) is 3.89. The summed E-state index contributed by atoms with van der Waals surface area (Å²) >= 11 is 0. The van der Waals surface area contributed by atoms with Crippen LogP contribution in [0.4, 0.5) is 17.6 Å². The summed E-state index contributed by atoms with van der Waals surface area (Å²) in [6.45, 7) is -2.96. The lowest BCUT2D eigenvalue weighted by Crippen LogP contribution is -2.39. The lowest BCUT2D eigenvalue weighted by atomic mass is 10.1. The van der Waals surface area contributed by atoms with Crippen LogP contribution in [-0.2, 0) is 41.4 Å². The Morgan fingerprint density at radius 2 is 1.18 bits per heavy atom. The van der Waals surface area contributed by atoms with Gasteiger partial charge < -0.3 is 66.7 Å². The Morgan fingerprint density at radius 3 is 1.72 bits per heavy atom. The fourth-order valence-electron chi connectivity index (χ4n) is 6.61. The minimum Gasteiger partial charge on any atom is -0.394 e. The number of aromatic nitrogens is 8. The number of phosphoric ester groups is 2. The van der Waals surface area contributed by atoms with E-state index in [1.807, 2.05) is 0 Å². The molecule has 0 spiro atoms. The molecule has 14 N–H and O–H groups in total. The fraction of sp³-hybridized carbons (Fsp3) is 0.536. The van der Waals surface area contributed by atoms with Crippen molar-refractivity contribution >= 4 is 44.4 Å². The smallest absolute Gasteiger partial charge is 0.394 e. The van der Waals surface area contributed by atoms with Gasteiger partial charge >= 0.3 is 27.0 Å². The van der Waals surface area contributed by atoms with Crippen molar-refractivity contribution in [1.82, 2.24) is 38.6 Å². The van der Waals surface area contributed by atoms with E-state index in [0.29, 0.717) is 4.57 Å². The molecule has 7 rings (SSSR count). The quantitative estimate of drug-likeness (QED) is 0.0526. The molecule has 2 unspecified atom stereocenters. The molecule has 4 aromatic rings. The van der Waals surface area contributed by atoms with E-state index in [9.17, 15) is 58.8 Å². The Bertz CT molecular complexity index is 2500. The van der Waals surface area contributed by atoms with E-state index in [0.717, 1.165) is 33.9 Å². The van der Waals surface area contributed by atoms with Gasteiger partial charge in [0.2, 0.25) is 5.95 Å². The number of aromatic amines is 1. The largest absolute Gasteiger partial charge is 0.472 e. The Labute approximate surface area is 332 Å². The van der Waals surface area contributed by atoms with Crippen molar-refractivity contribution in [2.75, 3.05) is 37.0 Å². The summed E-state index contributed by atoms with van der Waals surface area (Å²) in [5.41, 5.74) is 13.6. The number of hydrogen-bond donors (Lipinski definition) is 11. The van der Waals surface area contributed by atoms with Crippen molar-refractivity contribution in [2.24, 2.45) is 0 Å². The monoisotopic (exact) mass is 893 g/mol. The third-order valence-electron chi connectivity index (χ3n) is 9.43. The first kappa shape index (κ1) is 43.5. The van der Waals surface area contributed by atoms with Crippen LogP contribution in [0.25, 0.3) is 11.2 Å². The molecule has 3 saturated heterocycles. The van der Waals surface area contributed by atoms with Gasteiger partial charge in [-0.2, -0.15) is 15.0 Å². The normalized spacial score (nSPS) is 32.6.